The third-order valence-corrected chi connectivity index (χ3v) is 6.08. The van der Waals surface area contributed by atoms with Gasteiger partial charge in [0.05, 0.1) is 7.11 Å². The molecular weight excluding hydrogens is 442 g/mol. The average Bonchev–Trinajstić information content (AvgIpc) is 2.75. The van der Waals surface area contributed by atoms with Crippen molar-refractivity contribution in [3.63, 3.8) is 0 Å². The number of hydrogen-bond donors (Lipinski definition) is 1. The fourth-order valence-electron chi connectivity index (χ4n) is 3.08. The van der Waals surface area contributed by atoms with E-state index in [1.807, 2.05) is 0 Å². The van der Waals surface area contributed by atoms with Gasteiger partial charge in [0.2, 0.25) is 5.88 Å². The van der Waals surface area contributed by atoms with Gasteiger partial charge in [0.1, 0.15) is 27.9 Å². The normalized spacial score (nSPS) is 11.5. The van der Waals surface area contributed by atoms with Gasteiger partial charge in [-0.15, -0.1) is 0 Å². The van der Waals surface area contributed by atoms with Crippen molar-refractivity contribution in [1.82, 2.24) is 14.4 Å². The summed E-state index contributed by atoms with van der Waals surface area (Å²) in [6.45, 7) is 1.64. The lowest BCUT2D eigenvalue weighted by Crippen LogP contribution is -2.17. The number of sulfonamides is 1. The Morgan fingerprint density at radius 1 is 1.03 bits per heavy atom. The van der Waals surface area contributed by atoms with E-state index < -0.39 is 26.6 Å². The lowest BCUT2D eigenvalue weighted by molar-refractivity contribution is 0.400. The summed E-state index contributed by atoms with van der Waals surface area (Å²) >= 11 is 0. The molecule has 4 rings (SSSR count). The van der Waals surface area contributed by atoms with Crippen LogP contribution in [-0.4, -0.2) is 29.9 Å². The third kappa shape index (κ3) is 3.89. The molecule has 0 aliphatic carbocycles. The molecule has 0 saturated heterocycles. The first-order chi connectivity index (χ1) is 15.2. The van der Waals surface area contributed by atoms with Crippen LogP contribution in [0.1, 0.15) is 5.56 Å². The number of halogens is 2. The van der Waals surface area contributed by atoms with E-state index in [0.717, 1.165) is 12.1 Å². The largest absolute Gasteiger partial charge is 0.480 e. The highest BCUT2D eigenvalue weighted by atomic mass is 32.2. The molecule has 0 unspecified atom stereocenters. The number of ether oxygens (including phenoxy) is 1. The number of aromatic nitrogens is 3. The summed E-state index contributed by atoms with van der Waals surface area (Å²) in [5, 5.41) is 0. The van der Waals surface area contributed by atoms with Crippen molar-refractivity contribution >= 4 is 21.4 Å². The van der Waals surface area contributed by atoms with Crippen LogP contribution in [0, 0.1) is 18.6 Å². The Labute approximate surface area is 181 Å². The Bertz CT molecular complexity index is 1520. The Morgan fingerprint density at radius 2 is 1.81 bits per heavy atom. The summed E-state index contributed by atoms with van der Waals surface area (Å²) in [6, 6.07) is 6.90. The first-order valence-electron chi connectivity index (χ1n) is 9.20. The maximum Gasteiger partial charge on any atom is 0.264 e. The lowest BCUT2D eigenvalue weighted by atomic mass is 10.1. The zero-order valence-electron chi connectivity index (χ0n) is 16.8. The molecule has 32 heavy (non-hydrogen) atoms. The molecule has 0 aliphatic rings. The minimum Gasteiger partial charge on any atom is -0.480 e. The van der Waals surface area contributed by atoms with Gasteiger partial charge in [-0.05, 0) is 37.3 Å². The summed E-state index contributed by atoms with van der Waals surface area (Å²) in [5.41, 5.74) is 1.60. The van der Waals surface area contributed by atoms with Gasteiger partial charge in [0.15, 0.2) is 0 Å². The molecule has 0 spiro atoms. The van der Waals surface area contributed by atoms with Crippen molar-refractivity contribution in [3.8, 4) is 17.0 Å². The SMILES string of the molecule is COc1ncc(-c2ccc3ncc(C)c(=O)n3c2)cc1NS(=O)(=O)c1ccc(F)cc1F. The molecule has 8 nitrogen and oxygen atoms in total. The molecular formula is C21H16F2N4O4S. The quantitative estimate of drug-likeness (QED) is 0.493. The number of hydrogen-bond acceptors (Lipinski definition) is 6. The van der Waals surface area contributed by atoms with Crippen LogP contribution in [0.25, 0.3) is 16.8 Å². The predicted octanol–water partition coefficient (Wildman–Crippen LogP) is 3.15. The Kier molecular flexibility index (Phi) is 5.35. The van der Waals surface area contributed by atoms with Crippen molar-refractivity contribution in [2.45, 2.75) is 11.8 Å². The molecule has 0 fully saturated rings. The average molecular weight is 458 g/mol. The van der Waals surface area contributed by atoms with Gasteiger partial charge in [0.25, 0.3) is 15.6 Å². The fraction of sp³-hybridized carbons (Fsp3) is 0.0952. The standard InChI is InChI=1S/C21H16F2N4O4S/c1-12-9-24-19-6-3-13(11-27(19)21(12)28)14-7-17(20(31-2)25-10-14)26-32(29,30)18-5-4-15(22)8-16(18)23/h3-11,26H,1-2H3. The van der Waals surface area contributed by atoms with E-state index >= 15 is 0 Å². The number of rotatable bonds is 5. The first-order valence-corrected chi connectivity index (χ1v) is 10.7. The molecule has 0 saturated carbocycles. The maximum atomic E-state index is 14.0. The minimum absolute atomic E-state index is 0.0599. The topological polar surface area (TPSA) is 103 Å². The number of nitrogens with one attached hydrogen (secondary N) is 1. The number of methoxy groups -OCH3 is 1. The number of pyridine rings is 2. The van der Waals surface area contributed by atoms with E-state index in [0.29, 0.717) is 28.4 Å². The highest BCUT2D eigenvalue weighted by Gasteiger charge is 2.22. The number of benzene rings is 1. The molecule has 1 N–H and O–H groups in total. The van der Waals surface area contributed by atoms with Crippen LogP contribution in [0.2, 0.25) is 0 Å². The zero-order chi connectivity index (χ0) is 23.0. The van der Waals surface area contributed by atoms with Crippen LogP contribution in [0.5, 0.6) is 5.88 Å². The highest BCUT2D eigenvalue weighted by molar-refractivity contribution is 7.92. The summed E-state index contributed by atoms with van der Waals surface area (Å²) in [4.78, 5) is 20.0. The van der Waals surface area contributed by atoms with Crippen LogP contribution < -0.4 is 15.0 Å². The van der Waals surface area contributed by atoms with Gasteiger partial charge in [-0.1, -0.05) is 0 Å². The molecule has 3 heterocycles. The highest BCUT2D eigenvalue weighted by Crippen LogP contribution is 2.30. The van der Waals surface area contributed by atoms with Crippen LogP contribution in [-0.2, 0) is 10.0 Å². The van der Waals surface area contributed by atoms with E-state index in [9.17, 15) is 22.0 Å². The van der Waals surface area contributed by atoms with E-state index in [2.05, 4.69) is 14.7 Å². The summed E-state index contributed by atoms with van der Waals surface area (Å²) in [6.07, 6.45) is 4.47. The van der Waals surface area contributed by atoms with Crippen LogP contribution in [0.4, 0.5) is 14.5 Å². The molecule has 0 bridgehead atoms. The van der Waals surface area contributed by atoms with Crippen LogP contribution >= 0.6 is 0 Å². The summed E-state index contributed by atoms with van der Waals surface area (Å²) in [7, 11) is -3.12. The van der Waals surface area contributed by atoms with Crippen molar-refractivity contribution in [2.75, 3.05) is 11.8 Å². The molecule has 0 amide bonds. The number of anilines is 1. The fourth-order valence-corrected chi connectivity index (χ4v) is 4.19. The molecule has 1 aromatic carbocycles. The number of fused-ring (bicyclic) bond motifs is 1. The van der Waals surface area contributed by atoms with Crippen molar-refractivity contribution in [3.05, 3.63) is 82.5 Å². The van der Waals surface area contributed by atoms with Gasteiger partial charge in [-0.3, -0.25) is 13.9 Å². The molecule has 11 heteroatoms. The Balaban J connectivity index is 1.79. The lowest BCUT2D eigenvalue weighted by Gasteiger charge is -2.13. The minimum atomic E-state index is -4.42. The van der Waals surface area contributed by atoms with Crippen LogP contribution in [0.3, 0.4) is 0 Å². The number of nitrogens with zero attached hydrogens (tertiary/aromatic N) is 3. The number of aryl methyl sites for hydroxylation is 1. The van der Waals surface area contributed by atoms with Gasteiger partial charge in [-0.2, -0.15) is 0 Å². The second kappa shape index (κ2) is 8.00. The zero-order valence-corrected chi connectivity index (χ0v) is 17.7. The molecule has 164 valence electrons. The predicted molar refractivity (Wildman–Crippen MR) is 113 cm³/mol. The molecule has 0 atom stereocenters. The Hall–Kier alpha value is -3.86. The van der Waals surface area contributed by atoms with Crippen molar-refractivity contribution in [2.24, 2.45) is 0 Å². The third-order valence-electron chi connectivity index (χ3n) is 4.68. The van der Waals surface area contributed by atoms with Gasteiger partial charge < -0.3 is 4.74 Å². The molecule has 3 aromatic heterocycles. The molecule has 0 aliphatic heterocycles. The van der Waals surface area contributed by atoms with E-state index in [-0.39, 0.29) is 17.1 Å². The van der Waals surface area contributed by atoms with E-state index in [1.54, 1.807) is 25.3 Å². The van der Waals surface area contributed by atoms with Crippen LogP contribution in [0.15, 0.2) is 64.7 Å². The summed E-state index contributed by atoms with van der Waals surface area (Å²) in [5.74, 6) is -2.20. The second-order valence-electron chi connectivity index (χ2n) is 6.85. The monoisotopic (exact) mass is 458 g/mol. The van der Waals surface area contributed by atoms with E-state index in [4.69, 9.17) is 4.74 Å². The van der Waals surface area contributed by atoms with Crippen molar-refractivity contribution in [1.29, 1.82) is 0 Å². The van der Waals surface area contributed by atoms with Crippen molar-refractivity contribution < 1.29 is 21.9 Å². The Morgan fingerprint density at radius 3 is 2.53 bits per heavy atom. The second-order valence-corrected chi connectivity index (χ2v) is 8.50. The maximum absolute atomic E-state index is 14.0. The molecule has 4 aromatic rings. The van der Waals surface area contributed by atoms with Gasteiger partial charge in [0, 0.05) is 41.3 Å². The van der Waals surface area contributed by atoms with Gasteiger partial charge in [-0.25, -0.2) is 27.2 Å². The van der Waals surface area contributed by atoms with E-state index in [1.165, 1.54) is 30.0 Å². The molecule has 0 radical (unpaired) electrons. The summed E-state index contributed by atoms with van der Waals surface area (Å²) < 4.78 is 61.3. The first kappa shape index (κ1) is 21.4. The smallest absolute Gasteiger partial charge is 0.264 e. The van der Waals surface area contributed by atoms with Gasteiger partial charge >= 0.3 is 0 Å².